The summed E-state index contributed by atoms with van der Waals surface area (Å²) in [5, 5.41) is 7.29. The van der Waals surface area contributed by atoms with Gasteiger partial charge in [-0.2, -0.15) is 4.98 Å². The normalized spacial score (nSPS) is 17.5. The van der Waals surface area contributed by atoms with E-state index in [1.807, 2.05) is 0 Å². The van der Waals surface area contributed by atoms with Crippen molar-refractivity contribution in [1.29, 1.82) is 0 Å². The molecule has 1 aliphatic heterocycles. The molecule has 1 N–H and O–H groups in total. The van der Waals surface area contributed by atoms with Crippen molar-refractivity contribution in [3.05, 3.63) is 11.7 Å². The molecule has 1 aromatic rings. The maximum atomic E-state index is 5.77. The predicted octanol–water partition coefficient (Wildman–Crippen LogP) is 1.93. The molecule has 0 saturated carbocycles. The molecule has 2 rings (SSSR count). The Morgan fingerprint density at radius 3 is 2.89 bits per heavy atom. The lowest BCUT2D eigenvalue weighted by atomic mass is 10.1. The van der Waals surface area contributed by atoms with Gasteiger partial charge in [0.05, 0.1) is 6.10 Å². The second kappa shape index (κ2) is 6.85. The Balaban J connectivity index is 1.72. The molecule has 0 bridgehead atoms. The first-order valence-corrected chi connectivity index (χ1v) is 6.88. The van der Waals surface area contributed by atoms with Crippen LogP contribution in [0.25, 0.3) is 0 Å². The molecule has 0 atom stereocenters. The van der Waals surface area contributed by atoms with E-state index in [2.05, 4.69) is 29.3 Å². The summed E-state index contributed by atoms with van der Waals surface area (Å²) in [6.45, 7) is 6.91. The quantitative estimate of drug-likeness (QED) is 0.839. The molecule has 0 spiro atoms. The summed E-state index contributed by atoms with van der Waals surface area (Å²) >= 11 is 0. The first kappa shape index (κ1) is 13.5. The molecule has 18 heavy (non-hydrogen) atoms. The molecule has 1 aliphatic rings. The van der Waals surface area contributed by atoms with Crippen LogP contribution in [0.2, 0.25) is 0 Å². The van der Waals surface area contributed by atoms with E-state index >= 15 is 0 Å². The molecule has 5 nitrogen and oxygen atoms in total. The number of hydrogen-bond acceptors (Lipinski definition) is 5. The standard InChI is InChI=1S/C13H23N3O2/c1-10(2)3-4-12-15-13(18-16-12)9-17-11-5-7-14-8-6-11/h10-11,14H,3-9H2,1-2H3. The topological polar surface area (TPSA) is 60.2 Å². The third kappa shape index (κ3) is 4.38. The van der Waals surface area contributed by atoms with Crippen LogP contribution >= 0.6 is 0 Å². The lowest BCUT2D eigenvalue weighted by molar-refractivity contribution is 0.00859. The van der Waals surface area contributed by atoms with Crippen molar-refractivity contribution in [1.82, 2.24) is 15.5 Å². The van der Waals surface area contributed by atoms with E-state index in [4.69, 9.17) is 9.26 Å². The van der Waals surface area contributed by atoms with Crippen LogP contribution in [-0.4, -0.2) is 29.3 Å². The lowest BCUT2D eigenvalue weighted by Crippen LogP contribution is -2.32. The molecule has 1 aromatic heterocycles. The Morgan fingerprint density at radius 2 is 2.17 bits per heavy atom. The zero-order chi connectivity index (χ0) is 12.8. The number of ether oxygens (including phenoxy) is 1. The number of piperidine rings is 1. The zero-order valence-corrected chi connectivity index (χ0v) is 11.3. The molecule has 5 heteroatoms. The van der Waals surface area contributed by atoms with E-state index in [1.54, 1.807) is 0 Å². The van der Waals surface area contributed by atoms with Gasteiger partial charge in [-0.25, -0.2) is 0 Å². The maximum Gasteiger partial charge on any atom is 0.252 e. The zero-order valence-electron chi connectivity index (χ0n) is 11.3. The highest BCUT2D eigenvalue weighted by atomic mass is 16.5. The summed E-state index contributed by atoms with van der Waals surface area (Å²) in [4.78, 5) is 4.35. The van der Waals surface area contributed by atoms with Crippen molar-refractivity contribution in [2.24, 2.45) is 5.92 Å². The summed E-state index contributed by atoms with van der Waals surface area (Å²) < 4.78 is 11.0. The van der Waals surface area contributed by atoms with Gasteiger partial charge in [-0.1, -0.05) is 19.0 Å². The fourth-order valence-electron chi connectivity index (χ4n) is 2.02. The molecule has 102 valence electrons. The second-order valence-corrected chi connectivity index (χ2v) is 5.30. The predicted molar refractivity (Wildman–Crippen MR) is 68.1 cm³/mol. The summed E-state index contributed by atoms with van der Waals surface area (Å²) in [6.07, 6.45) is 4.43. The van der Waals surface area contributed by atoms with Crippen LogP contribution in [0.15, 0.2) is 4.52 Å². The molecule has 1 saturated heterocycles. The molecule has 2 heterocycles. The highest BCUT2D eigenvalue weighted by Crippen LogP contribution is 2.11. The molecule has 0 amide bonds. The van der Waals surface area contributed by atoms with Gasteiger partial charge in [0.15, 0.2) is 5.82 Å². The average molecular weight is 253 g/mol. The van der Waals surface area contributed by atoms with Gasteiger partial charge in [-0.3, -0.25) is 0 Å². The van der Waals surface area contributed by atoms with Crippen LogP contribution in [-0.2, 0) is 17.8 Å². The SMILES string of the molecule is CC(C)CCc1noc(COC2CCNCC2)n1. The monoisotopic (exact) mass is 253 g/mol. The minimum atomic E-state index is 0.331. The number of nitrogens with one attached hydrogen (secondary N) is 1. The van der Waals surface area contributed by atoms with Gasteiger partial charge in [0, 0.05) is 6.42 Å². The highest BCUT2D eigenvalue weighted by Gasteiger charge is 2.15. The van der Waals surface area contributed by atoms with Crippen molar-refractivity contribution in [3.63, 3.8) is 0 Å². The average Bonchev–Trinajstić information content (AvgIpc) is 2.83. The molecular weight excluding hydrogens is 230 g/mol. The molecule has 1 fully saturated rings. The highest BCUT2D eigenvalue weighted by molar-refractivity contribution is 4.85. The first-order valence-electron chi connectivity index (χ1n) is 6.88. The summed E-state index contributed by atoms with van der Waals surface area (Å²) in [7, 11) is 0. The third-order valence-corrected chi connectivity index (χ3v) is 3.18. The van der Waals surface area contributed by atoms with Crippen LogP contribution in [0.5, 0.6) is 0 Å². The molecule has 0 unspecified atom stereocenters. The Bertz CT molecular complexity index is 346. The van der Waals surface area contributed by atoms with Crippen LogP contribution in [0, 0.1) is 5.92 Å². The Morgan fingerprint density at radius 1 is 1.39 bits per heavy atom. The molecule has 0 aliphatic carbocycles. The second-order valence-electron chi connectivity index (χ2n) is 5.30. The number of aryl methyl sites for hydroxylation is 1. The van der Waals surface area contributed by atoms with Crippen molar-refractivity contribution in [2.75, 3.05) is 13.1 Å². The fourth-order valence-corrected chi connectivity index (χ4v) is 2.02. The third-order valence-electron chi connectivity index (χ3n) is 3.18. The van der Waals surface area contributed by atoms with Gasteiger partial charge in [0.2, 0.25) is 0 Å². The van der Waals surface area contributed by atoms with Gasteiger partial charge in [0.1, 0.15) is 6.61 Å². The number of rotatable bonds is 6. The van der Waals surface area contributed by atoms with E-state index in [0.717, 1.165) is 44.6 Å². The maximum absolute atomic E-state index is 5.77. The smallest absolute Gasteiger partial charge is 0.252 e. The van der Waals surface area contributed by atoms with Gasteiger partial charge in [-0.15, -0.1) is 0 Å². The summed E-state index contributed by atoms with van der Waals surface area (Å²) in [5.41, 5.74) is 0. The largest absolute Gasteiger partial charge is 0.368 e. The molecule has 0 radical (unpaired) electrons. The lowest BCUT2D eigenvalue weighted by Gasteiger charge is -2.21. The van der Waals surface area contributed by atoms with E-state index < -0.39 is 0 Å². The van der Waals surface area contributed by atoms with E-state index in [1.165, 1.54) is 0 Å². The van der Waals surface area contributed by atoms with E-state index in [0.29, 0.717) is 24.5 Å². The fraction of sp³-hybridized carbons (Fsp3) is 0.846. The van der Waals surface area contributed by atoms with Crippen LogP contribution in [0.1, 0.15) is 44.8 Å². The van der Waals surface area contributed by atoms with Crippen molar-refractivity contribution < 1.29 is 9.26 Å². The van der Waals surface area contributed by atoms with Crippen LogP contribution in [0.4, 0.5) is 0 Å². The van der Waals surface area contributed by atoms with Gasteiger partial charge < -0.3 is 14.6 Å². The van der Waals surface area contributed by atoms with E-state index in [-0.39, 0.29) is 0 Å². The number of aromatic nitrogens is 2. The van der Waals surface area contributed by atoms with Crippen LogP contribution < -0.4 is 5.32 Å². The van der Waals surface area contributed by atoms with Gasteiger partial charge >= 0.3 is 0 Å². The summed E-state index contributed by atoms with van der Waals surface area (Å²) in [6, 6.07) is 0. The number of hydrogen-bond donors (Lipinski definition) is 1. The van der Waals surface area contributed by atoms with Crippen molar-refractivity contribution >= 4 is 0 Å². The van der Waals surface area contributed by atoms with Gasteiger partial charge in [-0.05, 0) is 38.3 Å². The Labute approximate surface area is 108 Å². The summed E-state index contributed by atoms with van der Waals surface area (Å²) in [5.74, 6) is 2.07. The van der Waals surface area contributed by atoms with Crippen molar-refractivity contribution in [3.8, 4) is 0 Å². The molecular formula is C13H23N3O2. The Hall–Kier alpha value is -0.940. The Kier molecular flexibility index (Phi) is 5.13. The van der Waals surface area contributed by atoms with E-state index in [9.17, 15) is 0 Å². The van der Waals surface area contributed by atoms with Gasteiger partial charge in [0.25, 0.3) is 5.89 Å². The van der Waals surface area contributed by atoms with Crippen LogP contribution in [0.3, 0.4) is 0 Å². The molecule has 0 aromatic carbocycles. The number of nitrogens with zero attached hydrogens (tertiary/aromatic N) is 2. The minimum Gasteiger partial charge on any atom is -0.368 e. The minimum absolute atomic E-state index is 0.331. The van der Waals surface area contributed by atoms with Crippen molar-refractivity contribution in [2.45, 2.75) is 52.2 Å². The first-order chi connectivity index (χ1) is 8.74.